The molecular formula is C11H14N. The van der Waals surface area contributed by atoms with E-state index in [2.05, 4.69) is 36.4 Å². The van der Waals surface area contributed by atoms with Crippen molar-refractivity contribution in [3.8, 4) is 0 Å². The number of hydrogen-bond acceptors (Lipinski definition) is 1. The molecule has 0 spiro atoms. The molecule has 12 heavy (non-hydrogen) atoms. The molecule has 2 rings (SSSR count). The minimum Gasteiger partial charge on any atom is -0.354 e. The highest BCUT2D eigenvalue weighted by Crippen LogP contribution is 2.37. The predicted octanol–water partition coefficient (Wildman–Crippen LogP) is 2.36. The van der Waals surface area contributed by atoms with Gasteiger partial charge in [-0.3, -0.25) is 0 Å². The Bertz CT molecular complexity index is 221. The van der Waals surface area contributed by atoms with E-state index >= 15 is 0 Å². The fourth-order valence-corrected chi connectivity index (χ4v) is 1.42. The van der Waals surface area contributed by atoms with Crippen LogP contribution in [0.5, 0.6) is 0 Å². The molecule has 63 valence electrons. The van der Waals surface area contributed by atoms with Crippen LogP contribution >= 0.6 is 0 Å². The summed E-state index contributed by atoms with van der Waals surface area (Å²) in [6, 6.07) is 0. The third-order valence-electron chi connectivity index (χ3n) is 2.40. The number of rotatable bonds is 2. The summed E-state index contributed by atoms with van der Waals surface area (Å²) in [5.74, 6) is 1.51. The number of allylic oxidation sites excluding steroid dienone is 4. The van der Waals surface area contributed by atoms with Gasteiger partial charge < -0.3 is 4.90 Å². The van der Waals surface area contributed by atoms with E-state index < -0.39 is 0 Å². The number of nitrogens with zero attached hydrogens (tertiary/aromatic N) is 1. The monoisotopic (exact) mass is 160 g/mol. The summed E-state index contributed by atoms with van der Waals surface area (Å²) < 4.78 is 0. The average Bonchev–Trinajstić information content (AvgIpc) is 2.78. The molecule has 1 aliphatic carbocycles. The van der Waals surface area contributed by atoms with Crippen molar-refractivity contribution in [2.24, 2.45) is 11.8 Å². The van der Waals surface area contributed by atoms with E-state index in [0.29, 0.717) is 5.92 Å². The van der Waals surface area contributed by atoms with Gasteiger partial charge in [-0.2, -0.15) is 0 Å². The van der Waals surface area contributed by atoms with E-state index in [1.807, 2.05) is 12.2 Å². The SMILES string of the molecule is [CH2]C1CC1CN1C=CC=CC=C1. The van der Waals surface area contributed by atoms with Crippen LogP contribution in [0.15, 0.2) is 36.7 Å². The summed E-state index contributed by atoms with van der Waals surface area (Å²) in [6.07, 6.45) is 13.8. The zero-order valence-electron chi connectivity index (χ0n) is 7.19. The average molecular weight is 160 g/mol. The Labute approximate surface area is 74.1 Å². The molecule has 1 nitrogen and oxygen atoms in total. The Balaban J connectivity index is 1.87. The Kier molecular flexibility index (Phi) is 2.03. The molecule has 1 radical (unpaired) electrons. The zero-order chi connectivity index (χ0) is 8.39. The fraction of sp³-hybridized carbons (Fsp3) is 0.364. The van der Waals surface area contributed by atoms with Gasteiger partial charge in [0.05, 0.1) is 0 Å². The van der Waals surface area contributed by atoms with Gasteiger partial charge in [0.2, 0.25) is 0 Å². The zero-order valence-corrected chi connectivity index (χ0v) is 7.19. The van der Waals surface area contributed by atoms with Gasteiger partial charge in [-0.05, 0) is 37.3 Å². The lowest BCUT2D eigenvalue weighted by Crippen LogP contribution is -2.12. The van der Waals surface area contributed by atoms with Crippen LogP contribution in [0.4, 0.5) is 0 Å². The maximum Gasteiger partial charge on any atom is 0.0250 e. The Hall–Kier alpha value is -0.980. The lowest BCUT2D eigenvalue weighted by atomic mass is 10.3. The molecule has 1 heteroatoms. The van der Waals surface area contributed by atoms with Gasteiger partial charge in [-0.25, -0.2) is 0 Å². The van der Waals surface area contributed by atoms with E-state index in [0.717, 1.165) is 12.5 Å². The molecule has 0 N–H and O–H groups in total. The largest absolute Gasteiger partial charge is 0.354 e. The maximum atomic E-state index is 4.03. The second kappa shape index (κ2) is 3.18. The topological polar surface area (TPSA) is 3.24 Å². The van der Waals surface area contributed by atoms with E-state index in [1.54, 1.807) is 0 Å². The van der Waals surface area contributed by atoms with Gasteiger partial charge in [-0.1, -0.05) is 12.2 Å². The Morgan fingerprint density at radius 3 is 2.25 bits per heavy atom. The summed E-state index contributed by atoms with van der Waals surface area (Å²) in [7, 11) is 0. The van der Waals surface area contributed by atoms with Crippen molar-refractivity contribution < 1.29 is 0 Å². The third kappa shape index (κ3) is 1.79. The summed E-state index contributed by atoms with van der Waals surface area (Å²) in [4.78, 5) is 2.23. The van der Waals surface area contributed by atoms with Crippen LogP contribution in [-0.4, -0.2) is 11.4 Å². The Morgan fingerprint density at radius 2 is 1.75 bits per heavy atom. The van der Waals surface area contributed by atoms with E-state index in [1.165, 1.54) is 6.42 Å². The van der Waals surface area contributed by atoms with Crippen molar-refractivity contribution in [3.05, 3.63) is 43.6 Å². The first kappa shape index (κ1) is 7.66. The van der Waals surface area contributed by atoms with Crippen molar-refractivity contribution >= 4 is 0 Å². The van der Waals surface area contributed by atoms with Crippen molar-refractivity contribution in [2.45, 2.75) is 6.42 Å². The first-order chi connectivity index (χ1) is 5.86. The summed E-state index contributed by atoms with van der Waals surface area (Å²) in [5.41, 5.74) is 0. The summed E-state index contributed by atoms with van der Waals surface area (Å²) in [5, 5.41) is 0. The first-order valence-electron chi connectivity index (χ1n) is 4.47. The van der Waals surface area contributed by atoms with Gasteiger partial charge in [0.25, 0.3) is 0 Å². The first-order valence-corrected chi connectivity index (χ1v) is 4.47. The van der Waals surface area contributed by atoms with Gasteiger partial charge >= 0.3 is 0 Å². The van der Waals surface area contributed by atoms with E-state index in [9.17, 15) is 0 Å². The molecule has 1 saturated carbocycles. The van der Waals surface area contributed by atoms with E-state index in [-0.39, 0.29) is 0 Å². The summed E-state index contributed by atoms with van der Waals surface area (Å²) in [6.45, 7) is 5.16. The smallest absolute Gasteiger partial charge is 0.0250 e. The molecule has 1 heterocycles. The molecule has 2 atom stereocenters. The van der Waals surface area contributed by atoms with Crippen LogP contribution in [-0.2, 0) is 0 Å². The minimum absolute atomic E-state index is 0.697. The second-order valence-corrected chi connectivity index (χ2v) is 3.52. The molecule has 2 aliphatic rings. The normalized spacial score (nSPS) is 32.2. The highest BCUT2D eigenvalue weighted by Gasteiger charge is 2.33. The van der Waals surface area contributed by atoms with Gasteiger partial charge in [-0.15, -0.1) is 0 Å². The Morgan fingerprint density at radius 1 is 1.17 bits per heavy atom. The minimum atomic E-state index is 0.697. The highest BCUT2D eigenvalue weighted by molar-refractivity contribution is 5.16. The standard InChI is InChI=1S/C11H14N/c1-10-8-11(10)9-12-6-4-2-3-5-7-12/h2-7,10-11H,1,8-9H2. The lowest BCUT2D eigenvalue weighted by molar-refractivity contribution is 0.467. The van der Waals surface area contributed by atoms with Crippen molar-refractivity contribution in [1.29, 1.82) is 0 Å². The predicted molar refractivity (Wildman–Crippen MR) is 51.1 cm³/mol. The third-order valence-corrected chi connectivity index (χ3v) is 2.40. The van der Waals surface area contributed by atoms with Crippen molar-refractivity contribution in [2.75, 3.05) is 6.54 Å². The number of hydrogen-bond donors (Lipinski definition) is 0. The molecule has 1 fully saturated rings. The molecule has 0 aromatic carbocycles. The molecule has 0 aromatic heterocycles. The lowest BCUT2D eigenvalue weighted by Gasteiger charge is -2.13. The molecule has 0 saturated heterocycles. The fourth-order valence-electron chi connectivity index (χ4n) is 1.42. The van der Waals surface area contributed by atoms with Gasteiger partial charge in [0.1, 0.15) is 0 Å². The van der Waals surface area contributed by atoms with Crippen LogP contribution in [0.2, 0.25) is 0 Å². The van der Waals surface area contributed by atoms with Crippen LogP contribution in [0.1, 0.15) is 6.42 Å². The van der Waals surface area contributed by atoms with Crippen LogP contribution < -0.4 is 0 Å². The highest BCUT2D eigenvalue weighted by atomic mass is 15.1. The molecule has 0 amide bonds. The van der Waals surface area contributed by atoms with Crippen LogP contribution in [0.3, 0.4) is 0 Å². The van der Waals surface area contributed by atoms with Gasteiger partial charge in [0.15, 0.2) is 0 Å². The second-order valence-electron chi connectivity index (χ2n) is 3.52. The van der Waals surface area contributed by atoms with E-state index in [4.69, 9.17) is 0 Å². The molecule has 2 unspecified atom stereocenters. The molecular weight excluding hydrogens is 146 g/mol. The molecule has 1 aliphatic heterocycles. The maximum absolute atomic E-state index is 4.03. The van der Waals surface area contributed by atoms with Crippen molar-refractivity contribution in [1.82, 2.24) is 4.90 Å². The van der Waals surface area contributed by atoms with Crippen LogP contribution in [0, 0.1) is 18.8 Å². The quantitative estimate of drug-likeness (QED) is 0.599. The van der Waals surface area contributed by atoms with Crippen molar-refractivity contribution in [3.63, 3.8) is 0 Å². The van der Waals surface area contributed by atoms with Gasteiger partial charge in [0, 0.05) is 18.9 Å². The van der Waals surface area contributed by atoms with Crippen LogP contribution in [0.25, 0.3) is 0 Å². The molecule has 0 bridgehead atoms. The summed E-state index contributed by atoms with van der Waals surface area (Å²) >= 11 is 0. The molecule has 0 aromatic rings.